The van der Waals surface area contributed by atoms with Gasteiger partial charge >= 0.3 is 0 Å². The number of carbonyl (C=O) groups excluding carboxylic acids is 1. The number of methoxy groups -OCH3 is 1. The standard InChI is InChI=1S/C24H28N4O2/c1-17(21-16-26-28(18(21)2)22-8-4-7-15-25-22)27-23(29)24(13-5-6-14-24)19-9-11-20(30-3)12-10-19/h4,7-12,15-17H,5-6,13-14H2,1-3H3,(H,27,29)/t17-/m0/s1. The molecule has 1 aromatic carbocycles. The molecule has 2 heterocycles. The molecule has 0 bridgehead atoms. The number of rotatable bonds is 6. The summed E-state index contributed by atoms with van der Waals surface area (Å²) in [5.41, 5.74) is 2.56. The van der Waals surface area contributed by atoms with Crippen molar-refractivity contribution in [2.75, 3.05) is 7.11 Å². The van der Waals surface area contributed by atoms with Crippen molar-refractivity contribution >= 4 is 5.91 Å². The lowest BCUT2D eigenvalue weighted by Gasteiger charge is -2.30. The van der Waals surface area contributed by atoms with E-state index in [1.807, 2.05) is 67.2 Å². The zero-order valence-electron chi connectivity index (χ0n) is 17.8. The number of hydrogen-bond donors (Lipinski definition) is 1. The largest absolute Gasteiger partial charge is 0.497 e. The maximum atomic E-state index is 13.5. The number of nitrogens with zero attached hydrogens (tertiary/aromatic N) is 3. The summed E-state index contributed by atoms with van der Waals surface area (Å²) < 4.78 is 7.10. The minimum absolute atomic E-state index is 0.0858. The van der Waals surface area contributed by atoms with Crippen molar-refractivity contribution in [2.24, 2.45) is 0 Å². The highest BCUT2D eigenvalue weighted by Crippen LogP contribution is 2.42. The van der Waals surface area contributed by atoms with Crippen molar-refractivity contribution in [2.45, 2.75) is 51.0 Å². The second kappa shape index (κ2) is 8.30. The van der Waals surface area contributed by atoms with Crippen LogP contribution in [0.2, 0.25) is 0 Å². The Bertz CT molecular complexity index is 1010. The van der Waals surface area contributed by atoms with Crippen LogP contribution in [-0.2, 0) is 10.2 Å². The van der Waals surface area contributed by atoms with Gasteiger partial charge in [-0.1, -0.05) is 31.0 Å². The fourth-order valence-electron chi connectivity index (χ4n) is 4.51. The zero-order chi connectivity index (χ0) is 21.1. The SMILES string of the molecule is COc1ccc(C2(C(=O)N[C@@H](C)c3cnn(-c4ccccn4)c3C)CCCC2)cc1. The van der Waals surface area contributed by atoms with Gasteiger partial charge in [0.05, 0.1) is 24.8 Å². The molecule has 0 spiro atoms. The van der Waals surface area contributed by atoms with Crippen molar-refractivity contribution < 1.29 is 9.53 Å². The van der Waals surface area contributed by atoms with Crippen molar-refractivity contribution in [3.63, 3.8) is 0 Å². The molecule has 0 unspecified atom stereocenters. The first kappa shape index (κ1) is 20.1. The molecule has 6 nitrogen and oxygen atoms in total. The molecule has 0 radical (unpaired) electrons. The highest BCUT2D eigenvalue weighted by atomic mass is 16.5. The quantitative estimate of drug-likeness (QED) is 0.666. The number of carbonyl (C=O) groups is 1. The van der Waals surface area contributed by atoms with Gasteiger partial charge in [0.2, 0.25) is 5.91 Å². The Morgan fingerprint density at radius 3 is 2.53 bits per heavy atom. The van der Waals surface area contributed by atoms with Gasteiger partial charge in [-0.05, 0) is 56.5 Å². The van der Waals surface area contributed by atoms with Crippen LogP contribution in [0.1, 0.15) is 55.5 Å². The second-order valence-corrected chi connectivity index (χ2v) is 8.00. The van der Waals surface area contributed by atoms with E-state index in [1.54, 1.807) is 13.3 Å². The minimum atomic E-state index is -0.481. The summed E-state index contributed by atoms with van der Waals surface area (Å²) in [6.07, 6.45) is 7.42. The Hall–Kier alpha value is -3.15. The summed E-state index contributed by atoms with van der Waals surface area (Å²) >= 11 is 0. The first-order valence-electron chi connectivity index (χ1n) is 10.5. The molecule has 1 amide bonds. The Morgan fingerprint density at radius 2 is 1.90 bits per heavy atom. The Labute approximate surface area is 177 Å². The van der Waals surface area contributed by atoms with Crippen LogP contribution in [0.25, 0.3) is 5.82 Å². The van der Waals surface area contributed by atoms with Crippen molar-refractivity contribution in [3.05, 3.63) is 71.7 Å². The van der Waals surface area contributed by atoms with E-state index < -0.39 is 5.41 Å². The number of aromatic nitrogens is 3. The second-order valence-electron chi connectivity index (χ2n) is 8.00. The average Bonchev–Trinajstić information content (AvgIpc) is 3.42. The number of amides is 1. The molecule has 1 aliphatic carbocycles. The third-order valence-electron chi connectivity index (χ3n) is 6.26. The highest BCUT2D eigenvalue weighted by molar-refractivity contribution is 5.89. The molecule has 2 aromatic heterocycles. The van der Waals surface area contributed by atoms with Crippen LogP contribution >= 0.6 is 0 Å². The average molecular weight is 405 g/mol. The summed E-state index contributed by atoms with van der Waals surface area (Å²) in [6, 6.07) is 13.5. The molecule has 1 fully saturated rings. The van der Waals surface area contributed by atoms with Gasteiger partial charge in [-0.25, -0.2) is 9.67 Å². The van der Waals surface area contributed by atoms with Crippen LogP contribution in [-0.4, -0.2) is 27.8 Å². The van der Waals surface area contributed by atoms with Crippen LogP contribution in [0, 0.1) is 6.92 Å². The number of nitrogens with one attached hydrogen (secondary N) is 1. The molecule has 1 saturated carbocycles. The highest BCUT2D eigenvalue weighted by Gasteiger charge is 2.43. The van der Waals surface area contributed by atoms with Gasteiger partial charge in [0.1, 0.15) is 5.75 Å². The number of benzene rings is 1. The lowest BCUT2D eigenvalue weighted by Crippen LogP contribution is -2.43. The van der Waals surface area contributed by atoms with Crippen LogP contribution in [0.3, 0.4) is 0 Å². The molecule has 1 N–H and O–H groups in total. The third-order valence-corrected chi connectivity index (χ3v) is 6.26. The van der Waals surface area contributed by atoms with Crippen molar-refractivity contribution in [3.8, 4) is 11.6 Å². The molecule has 156 valence electrons. The third kappa shape index (κ3) is 3.58. The van der Waals surface area contributed by atoms with Gasteiger partial charge < -0.3 is 10.1 Å². The van der Waals surface area contributed by atoms with E-state index in [9.17, 15) is 4.79 Å². The maximum absolute atomic E-state index is 13.5. The molecule has 30 heavy (non-hydrogen) atoms. The van der Waals surface area contributed by atoms with Gasteiger partial charge in [0.15, 0.2) is 5.82 Å². The summed E-state index contributed by atoms with van der Waals surface area (Å²) in [7, 11) is 1.65. The van der Waals surface area contributed by atoms with E-state index in [2.05, 4.69) is 15.4 Å². The maximum Gasteiger partial charge on any atom is 0.231 e. The summed E-state index contributed by atoms with van der Waals surface area (Å²) in [6.45, 7) is 4.02. The normalized spacial score (nSPS) is 16.2. The fourth-order valence-corrected chi connectivity index (χ4v) is 4.51. The number of pyridine rings is 1. The molecule has 0 saturated heterocycles. The fraction of sp³-hybridized carbons (Fsp3) is 0.375. The summed E-state index contributed by atoms with van der Waals surface area (Å²) in [5.74, 6) is 1.66. The van der Waals surface area contributed by atoms with E-state index in [-0.39, 0.29) is 11.9 Å². The van der Waals surface area contributed by atoms with E-state index in [1.165, 1.54) is 0 Å². The minimum Gasteiger partial charge on any atom is -0.497 e. The zero-order valence-corrected chi connectivity index (χ0v) is 17.8. The predicted octanol–water partition coefficient (Wildman–Crippen LogP) is 4.27. The lowest BCUT2D eigenvalue weighted by atomic mass is 9.77. The van der Waals surface area contributed by atoms with Gasteiger partial charge in [0.25, 0.3) is 0 Å². The van der Waals surface area contributed by atoms with Gasteiger partial charge in [-0.2, -0.15) is 5.10 Å². The van der Waals surface area contributed by atoms with E-state index in [0.717, 1.165) is 54.1 Å². The monoisotopic (exact) mass is 404 g/mol. The van der Waals surface area contributed by atoms with E-state index in [4.69, 9.17) is 4.74 Å². The number of hydrogen-bond acceptors (Lipinski definition) is 4. The molecular weight excluding hydrogens is 376 g/mol. The predicted molar refractivity (Wildman–Crippen MR) is 116 cm³/mol. The Balaban J connectivity index is 1.57. The molecular formula is C24H28N4O2. The van der Waals surface area contributed by atoms with E-state index in [0.29, 0.717) is 0 Å². The van der Waals surface area contributed by atoms with Gasteiger partial charge in [0, 0.05) is 17.5 Å². The molecule has 0 aliphatic heterocycles. The van der Waals surface area contributed by atoms with Crippen molar-refractivity contribution in [1.29, 1.82) is 0 Å². The number of ether oxygens (including phenoxy) is 1. The Morgan fingerprint density at radius 1 is 1.17 bits per heavy atom. The van der Waals surface area contributed by atoms with Crippen LogP contribution in [0.15, 0.2) is 54.9 Å². The van der Waals surface area contributed by atoms with Crippen LogP contribution in [0.4, 0.5) is 0 Å². The van der Waals surface area contributed by atoms with Gasteiger partial charge in [-0.3, -0.25) is 4.79 Å². The first-order valence-corrected chi connectivity index (χ1v) is 10.5. The van der Waals surface area contributed by atoms with Gasteiger partial charge in [-0.15, -0.1) is 0 Å². The molecule has 6 heteroatoms. The van der Waals surface area contributed by atoms with Crippen LogP contribution < -0.4 is 10.1 Å². The van der Waals surface area contributed by atoms with E-state index >= 15 is 0 Å². The van der Waals surface area contributed by atoms with Crippen LogP contribution in [0.5, 0.6) is 5.75 Å². The first-order chi connectivity index (χ1) is 14.5. The molecule has 1 aliphatic rings. The summed E-state index contributed by atoms with van der Waals surface area (Å²) in [5, 5.41) is 7.76. The smallest absolute Gasteiger partial charge is 0.231 e. The summed E-state index contributed by atoms with van der Waals surface area (Å²) in [4.78, 5) is 17.9. The Kier molecular flexibility index (Phi) is 5.57. The molecule has 1 atom stereocenters. The topological polar surface area (TPSA) is 69.0 Å². The molecule has 4 rings (SSSR count). The van der Waals surface area contributed by atoms with Crippen molar-refractivity contribution in [1.82, 2.24) is 20.1 Å². The molecule has 3 aromatic rings. The lowest BCUT2D eigenvalue weighted by molar-refractivity contribution is -0.127.